The van der Waals surface area contributed by atoms with Crippen LogP contribution in [-0.2, 0) is 4.74 Å². The maximum absolute atomic E-state index is 11.8. The fraction of sp³-hybridized carbons (Fsp3) is 0.176. The minimum atomic E-state index is -0.412. The van der Waals surface area contributed by atoms with E-state index in [0.717, 1.165) is 16.9 Å². The highest BCUT2D eigenvalue weighted by atomic mass is 16.5. The number of nitrogens with zero attached hydrogens (tertiary/aromatic N) is 2. The van der Waals surface area contributed by atoms with Crippen LogP contribution in [-0.4, -0.2) is 29.1 Å². The van der Waals surface area contributed by atoms with Crippen LogP contribution in [0.25, 0.3) is 16.8 Å². The van der Waals surface area contributed by atoms with Gasteiger partial charge in [0.2, 0.25) is 0 Å². The molecule has 2 heterocycles. The summed E-state index contributed by atoms with van der Waals surface area (Å²) in [5.41, 5.74) is 2.97. The Morgan fingerprint density at radius 2 is 2.00 bits per heavy atom. The van der Waals surface area contributed by atoms with Crippen LogP contribution in [0.5, 0.6) is 5.75 Å². The first-order valence-corrected chi connectivity index (χ1v) is 7.02. The number of rotatable bonds is 4. The highest BCUT2D eigenvalue weighted by molar-refractivity contribution is 5.88. The minimum Gasteiger partial charge on any atom is -0.496 e. The van der Waals surface area contributed by atoms with Crippen molar-refractivity contribution in [1.29, 1.82) is 0 Å². The number of ether oxygens (including phenoxy) is 2. The summed E-state index contributed by atoms with van der Waals surface area (Å²) in [6, 6.07) is 11.6. The zero-order valence-corrected chi connectivity index (χ0v) is 12.4. The molecule has 2 aromatic heterocycles. The lowest BCUT2D eigenvalue weighted by Gasteiger charge is -2.08. The Balaban J connectivity index is 2.04. The summed E-state index contributed by atoms with van der Waals surface area (Å²) in [6.07, 6.45) is 3.59. The van der Waals surface area contributed by atoms with Crippen LogP contribution in [0.4, 0.5) is 0 Å². The van der Waals surface area contributed by atoms with Gasteiger partial charge < -0.3 is 13.9 Å². The number of carbonyl (C=O) groups is 1. The normalized spacial score (nSPS) is 10.6. The second-order valence-corrected chi connectivity index (χ2v) is 4.73. The predicted octanol–water partition coefficient (Wildman–Crippen LogP) is 3.19. The Morgan fingerprint density at radius 3 is 2.77 bits per heavy atom. The number of methoxy groups -OCH3 is 1. The van der Waals surface area contributed by atoms with Crippen LogP contribution in [0.3, 0.4) is 0 Å². The number of pyridine rings is 1. The molecule has 0 saturated carbocycles. The number of carbonyl (C=O) groups excluding carboxylic acids is 1. The molecule has 0 amide bonds. The molecule has 0 aliphatic rings. The van der Waals surface area contributed by atoms with E-state index in [1.165, 1.54) is 0 Å². The third kappa shape index (κ3) is 2.53. The Hall–Kier alpha value is -2.82. The number of benzene rings is 1. The number of para-hydroxylation sites is 1. The Morgan fingerprint density at radius 1 is 1.18 bits per heavy atom. The zero-order valence-electron chi connectivity index (χ0n) is 12.4. The second-order valence-electron chi connectivity index (χ2n) is 4.73. The molecule has 112 valence electrons. The Labute approximate surface area is 128 Å². The standard InChI is InChI=1S/C17H16N2O3/c1-3-22-17(20)14-11-19-10-12(8-9-16(19)18-14)13-6-4-5-7-15(13)21-2/h4-11H,3H2,1-2H3. The summed E-state index contributed by atoms with van der Waals surface area (Å²) in [6.45, 7) is 2.10. The van der Waals surface area contributed by atoms with Gasteiger partial charge in [0.25, 0.3) is 0 Å². The molecule has 5 heteroatoms. The molecule has 3 rings (SSSR count). The van der Waals surface area contributed by atoms with Crippen LogP contribution in [0.1, 0.15) is 17.4 Å². The van der Waals surface area contributed by atoms with E-state index in [2.05, 4.69) is 4.98 Å². The van der Waals surface area contributed by atoms with Crippen LogP contribution >= 0.6 is 0 Å². The van der Waals surface area contributed by atoms with Gasteiger partial charge in [0.15, 0.2) is 5.69 Å². The third-order valence-electron chi connectivity index (χ3n) is 3.35. The van der Waals surface area contributed by atoms with Gasteiger partial charge in [-0.1, -0.05) is 18.2 Å². The lowest BCUT2D eigenvalue weighted by molar-refractivity contribution is 0.0520. The first-order valence-electron chi connectivity index (χ1n) is 7.02. The highest BCUT2D eigenvalue weighted by Gasteiger charge is 2.12. The molecular weight excluding hydrogens is 280 g/mol. The first kappa shape index (κ1) is 14.1. The molecular formula is C17H16N2O3. The van der Waals surface area contributed by atoms with Crippen LogP contribution < -0.4 is 4.74 Å². The van der Waals surface area contributed by atoms with Gasteiger partial charge in [-0.25, -0.2) is 9.78 Å². The average molecular weight is 296 g/mol. The molecule has 1 aromatic carbocycles. The molecule has 0 aliphatic carbocycles. The lowest BCUT2D eigenvalue weighted by Crippen LogP contribution is -2.04. The fourth-order valence-electron chi connectivity index (χ4n) is 2.34. The average Bonchev–Trinajstić information content (AvgIpc) is 2.98. The van der Waals surface area contributed by atoms with E-state index < -0.39 is 5.97 Å². The van der Waals surface area contributed by atoms with Crippen molar-refractivity contribution in [2.75, 3.05) is 13.7 Å². The van der Waals surface area contributed by atoms with E-state index in [0.29, 0.717) is 17.9 Å². The molecule has 0 N–H and O–H groups in total. The van der Waals surface area contributed by atoms with Crippen LogP contribution in [0.2, 0.25) is 0 Å². The molecule has 0 fully saturated rings. The number of esters is 1. The molecule has 0 aliphatic heterocycles. The maximum atomic E-state index is 11.8. The first-order chi connectivity index (χ1) is 10.7. The molecule has 0 bridgehead atoms. The smallest absolute Gasteiger partial charge is 0.358 e. The van der Waals surface area contributed by atoms with Crippen molar-refractivity contribution in [3.05, 3.63) is 54.5 Å². The molecule has 0 radical (unpaired) electrons. The van der Waals surface area contributed by atoms with Crippen molar-refractivity contribution in [2.45, 2.75) is 6.92 Å². The molecule has 3 aromatic rings. The van der Waals surface area contributed by atoms with Crippen molar-refractivity contribution in [1.82, 2.24) is 9.38 Å². The number of aromatic nitrogens is 2. The molecule has 5 nitrogen and oxygen atoms in total. The summed E-state index contributed by atoms with van der Waals surface area (Å²) in [7, 11) is 1.65. The molecule has 22 heavy (non-hydrogen) atoms. The number of fused-ring (bicyclic) bond motifs is 1. The van der Waals surface area contributed by atoms with Gasteiger partial charge in [-0.15, -0.1) is 0 Å². The SMILES string of the molecule is CCOC(=O)c1cn2cc(-c3ccccc3OC)ccc2n1. The van der Waals surface area contributed by atoms with E-state index in [1.807, 2.05) is 47.0 Å². The van der Waals surface area contributed by atoms with Crippen LogP contribution in [0.15, 0.2) is 48.8 Å². The van der Waals surface area contributed by atoms with Gasteiger partial charge in [-0.05, 0) is 25.1 Å². The van der Waals surface area contributed by atoms with Gasteiger partial charge in [-0.3, -0.25) is 0 Å². The maximum Gasteiger partial charge on any atom is 0.358 e. The predicted molar refractivity (Wildman–Crippen MR) is 83.1 cm³/mol. The third-order valence-corrected chi connectivity index (χ3v) is 3.35. The lowest BCUT2D eigenvalue weighted by atomic mass is 10.1. The van der Waals surface area contributed by atoms with E-state index >= 15 is 0 Å². The molecule has 0 saturated heterocycles. The molecule has 0 spiro atoms. The Kier molecular flexibility index (Phi) is 3.78. The van der Waals surface area contributed by atoms with Crippen molar-refractivity contribution >= 4 is 11.6 Å². The number of hydrogen-bond acceptors (Lipinski definition) is 4. The number of imidazole rings is 1. The zero-order chi connectivity index (χ0) is 15.5. The van der Waals surface area contributed by atoms with E-state index in [9.17, 15) is 4.79 Å². The minimum absolute atomic E-state index is 0.305. The summed E-state index contributed by atoms with van der Waals surface area (Å²) >= 11 is 0. The Bertz CT molecular complexity index is 824. The van der Waals surface area contributed by atoms with Crippen molar-refractivity contribution in [2.24, 2.45) is 0 Å². The highest BCUT2D eigenvalue weighted by Crippen LogP contribution is 2.29. The largest absolute Gasteiger partial charge is 0.496 e. The van der Waals surface area contributed by atoms with Crippen molar-refractivity contribution in [3.8, 4) is 16.9 Å². The number of hydrogen-bond donors (Lipinski definition) is 0. The summed E-state index contributed by atoms with van der Waals surface area (Å²) in [5, 5.41) is 0. The van der Waals surface area contributed by atoms with Gasteiger partial charge >= 0.3 is 5.97 Å². The van der Waals surface area contributed by atoms with E-state index in [1.54, 1.807) is 20.2 Å². The van der Waals surface area contributed by atoms with Gasteiger partial charge in [0.05, 0.1) is 13.7 Å². The summed E-state index contributed by atoms with van der Waals surface area (Å²) < 4.78 is 12.2. The van der Waals surface area contributed by atoms with Gasteiger partial charge in [0.1, 0.15) is 11.4 Å². The van der Waals surface area contributed by atoms with Gasteiger partial charge in [0, 0.05) is 23.5 Å². The molecule has 0 unspecified atom stereocenters. The summed E-state index contributed by atoms with van der Waals surface area (Å²) in [4.78, 5) is 16.0. The monoisotopic (exact) mass is 296 g/mol. The van der Waals surface area contributed by atoms with Crippen LogP contribution in [0, 0.1) is 0 Å². The van der Waals surface area contributed by atoms with E-state index in [-0.39, 0.29) is 0 Å². The topological polar surface area (TPSA) is 52.8 Å². The quantitative estimate of drug-likeness (QED) is 0.694. The van der Waals surface area contributed by atoms with Gasteiger partial charge in [-0.2, -0.15) is 0 Å². The second kappa shape index (κ2) is 5.89. The van der Waals surface area contributed by atoms with Crippen molar-refractivity contribution < 1.29 is 14.3 Å². The molecule has 0 atom stereocenters. The van der Waals surface area contributed by atoms with Crippen molar-refractivity contribution in [3.63, 3.8) is 0 Å². The fourth-order valence-corrected chi connectivity index (χ4v) is 2.34. The van der Waals surface area contributed by atoms with E-state index in [4.69, 9.17) is 9.47 Å². The summed E-state index contributed by atoms with van der Waals surface area (Å²) in [5.74, 6) is 0.387.